The van der Waals surface area contributed by atoms with Gasteiger partial charge in [-0.2, -0.15) is 5.26 Å². The molecule has 9 nitrogen and oxygen atoms in total. The molecule has 1 aromatic carbocycles. The molecule has 1 aliphatic rings. The maximum Gasteiger partial charge on any atom is 0.408 e. The van der Waals surface area contributed by atoms with Crippen LogP contribution in [0.5, 0.6) is 0 Å². The van der Waals surface area contributed by atoms with E-state index in [0.29, 0.717) is 19.4 Å². The molecule has 0 bridgehead atoms. The molecule has 3 amide bonds. The van der Waals surface area contributed by atoms with Crippen molar-refractivity contribution in [2.75, 3.05) is 6.54 Å². The molecule has 0 radical (unpaired) electrons. The predicted molar refractivity (Wildman–Crippen MR) is 116 cm³/mol. The van der Waals surface area contributed by atoms with Crippen molar-refractivity contribution in [2.45, 2.75) is 58.2 Å². The second-order valence-electron chi connectivity index (χ2n) is 8.26. The molecule has 172 valence electrons. The summed E-state index contributed by atoms with van der Waals surface area (Å²) in [6.07, 6.45) is -0.115. The van der Waals surface area contributed by atoms with Gasteiger partial charge in [0.15, 0.2) is 5.78 Å². The molecule has 0 spiro atoms. The number of rotatable bonds is 11. The second kappa shape index (κ2) is 12.4. The summed E-state index contributed by atoms with van der Waals surface area (Å²) in [5.41, 5.74) is 0.810. The van der Waals surface area contributed by atoms with E-state index in [0.717, 1.165) is 5.56 Å². The predicted octanol–water partition coefficient (Wildman–Crippen LogP) is 1.82. The monoisotopic (exact) mass is 442 g/mol. The SMILES string of the molecule is CC(C)C[C@H](NC(=O)OCc1ccccc1)C(=O)N[C@@H](C[C@@H]1CCNC1=O)C(=O)CC#N. The highest BCUT2D eigenvalue weighted by molar-refractivity contribution is 5.93. The average molecular weight is 443 g/mol. The van der Waals surface area contributed by atoms with Crippen molar-refractivity contribution in [2.24, 2.45) is 11.8 Å². The van der Waals surface area contributed by atoms with Crippen LogP contribution in [-0.4, -0.2) is 42.3 Å². The van der Waals surface area contributed by atoms with E-state index in [1.807, 2.05) is 44.2 Å². The molecule has 2 rings (SSSR count). The van der Waals surface area contributed by atoms with Gasteiger partial charge in [-0.05, 0) is 30.7 Å². The Kier molecular flexibility index (Phi) is 9.67. The van der Waals surface area contributed by atoms with E-state index in [9.17, 15) is 19.2 Å². The van der Waals surface area contributed by atoms with Crippen LogP contribution >= 0.6 is 0 Å². The number of nitriles is 1. The van der Waals surface area contributed by atoms with E-state index in [4.69, 9.17) is 10.00 Å². The third-order valence-electron chi connectivity index (χ3n) is 5.17. The fourth-order valence-corrected chi connectivity index (χ4v) is 3.51. The molecule has 0 aromatic heterocycles. The molecule has 1 aliphatic heterocycles. The van der Waals surface area contributed by atoms with Crippen molar-refractivity contribution in [1.29, 1.82) is 5.26 Å². The summed E-state index contributed by atoms with van der Waals surface area (Å²) in [7, 11) is 0. The van der Waals surface area contributed by atoms with Crippen LogP contribution in [0.4, 0.5) is 4.79 Å². The minimum Gasteiger partial charge on any atom is -0.445 e. The molecule has 32 heavy (non-hydrogen) atoms. The van der Waals surface area contributed by atoms with Gasteiger partial charge in [-0.3, -0.25) is 14.4 Å². The average Bonchev–Trinajstić information content (AvgIpc) is 3.16. The van der Waals surface area contributed by atoms with E-state index < -0.39 is 35.8 Å². The second-order valence-corrected chi connectivity index (χ2v) is 8.26. The number of benzene rings is 1. The molecular weight excluding hydrogens is 412 g/mol. The number of ketones is 1. The molecule has 3 N–H and O–H groups in total. The Bertz CT molecular complexity index is 850. The van der Waals surface area contributed by atoms with E-state index in [-0.39, 0.29) is 31.3 Å². The summed E-state index contributed by atoms with van der Waals surface area (Å²) in [6.45, 7) is 4.38. The number of amides is 3. The van der Waals surface area contributed by atoms with Crippen molar-refractivity contribution in [1.82, 2.24) is 16.0 Å². The third-order valence-corrected chi connectivity index (χ3v) is 5.17. The maximum atomic E-state index is 12.9. The van der Waals surface area contributed by atoms with E-state index in [1.54, 1.807) is 6.07 Å². The lowest BCUT2D eigenvalue weighted by atomic mass is 9.94. The van der Waals surface area contributed by atoms with Gasteiger partial charge >= 0.3 is 6.09 Å². The molecular formula is C23H30N4O5. The Morgan fingerprint density at radius 3 is 2.50 bits per heavy atom. The molecule has 0 unspecified atom stereocenters. The van der Waals surface area contributed by atoms with E-state index in [1.165, 1.54) is 0 Å². The summed E-state index contributed by atoms with van der Waals surface area (Å²) in [5, 5.41) is 16.8. The largest absolute Gasteiger partial charge is 0.445 e. The zero-order valence-corrected chi connectivity index (χ0v) is 18.4. The Balaban J connectivity index is 2.02. The highest BCUT2D eigenvalue weighted by Crippen LogP contribution is 2.18. The molecule has 1 heterocycles. The van der Waals surface area contributed by atoms with Gasteiger partial charge in [0.25, 0.3) is 0 Å². The number of carbonyl (C=O) groups is 4. The van der Waals surface area contributed by atoms with Gasteiger partial charge in [0.2, 0.25) is 11.8 Å². The lowest BCUT2D eigenvalue weighted by Crippen LogP contribution is -2.52. The van der Waals surface area contributed by atoms with Crippen LogP contribution < -0.4 is 16.0 Å². The van der Waals surface area contributed by atoms with Crippen LogP contribution in [-0.2, 0) is 25.7 Å². The molecule has 0 saturated carbocycles. The van der Waals surface area contributed by atoms with Crippen molar-refractivity contribution in [3.63, 3.8) is 0 Å². The molecule has 1 aromatic rings. The van der Waals surface area contributed by atoms with Gasteiger partial charge in [0, 0.05) is 12.5 Å². The smallest absolute Gasteiger partial charge is 0.408 e. The maximum absolute atomic E-state index is 12.9. The number of nitrogens with one attached hydrogen (secondary N) is 3. The first-order valence-corrected chi connectivity index (χ1v) is 10.7. The van der Waals surface area contributed by atoms with Crippen molar-refractivity contribution in [3.8, 4) is 6.07 Å². The molecule has 9 heteroatoms. The Hall–Kier alpha value is -3.41. The lowest BCUT2D eigenvalue weighted by molar-refractivity contribution is -0.130. The zero-order chi connectivity index (χ0) is 23.5. The van der Waals surface area contributed by atoms with Gasteiger partial charge in [-0.25, -0.2) is 4.79 Å². The standard InChI is InChI=1S/C23H30N4O5/c1-15(2)12-19(27-23(31)32-14-16-6-4-3-5-7-16)22(30)26-18(20(28)8-10-24)13-17-9-11-25-21(17)29/h3-7,15,17-19H,8-9,11-14H2,1-2H3,(H,25,29)(H,26,30)(H,27,31)/t17-,18-,19-/m0/s1. The number of hydrogen-bond donors (Lipinski definition) is 3. The first-order valence-electron chi connectivity index (χ1n) is 10.7. The zero-order valence-electron chi connectivity index (χ0n) is 18.4. The fourth-order valence-electron chi connectivity index (χ4n) is 3.51. The highest BCUT2D eigenvalue weighted by Gasteiger charge is 2.33. The van der Waals surface area contributed by atoms with Gasteiger partial charge < -0.3 is 20.7 Å². The first-order chi connectivity index (χ1) is 15.3. The number of carbonyl (C=O) groups excluding carboxylic acids is 4. The molecule has 1 fully saturated rings. The van der Waals surface area contributed by atoms with E-state index in [2.05, 4.69) is 16.0 Å². The Morgan fingerprint density at radius 2 is 1.91 bits per heavy atom. The Morgan fingerprint density at radius 1 is 1.19 bits per heavy atom. The summed E-state index contributed by atoms with van der Waals surface area (Å²) in [4.78, 5) is 49.6. The van der Waals surface area contributed by atoms with Crippen molar-refractivity contribution in [3.05, 3.63) is 35.9 Å². The lowest BCUT2D eigenvalue weighted by Gasteiger charge is -2.24. The Labute approximate surface area is 187 Å². The summed E-state index contributed by atoms with van der Waals surface area (Å²) in [6, 6.07) is 9.03. The minimum atomic E-state index is -0.979. The van der Waals surface area contributed by atoms with Crippen LogP contribution in [0.1, 0.15) is 45.1 Å². The summed E-state index contributed by atoms with van der Waals surface area (Å²) in [5.74, 6) is -1.51. The van der Waals surface area contributed by atoms with Gasteiger partial charge in [-0.15, -0.1) is 0 Å². The topological polar surface area (TPSA) is 137 Å². The molecule has 3 atom stereocenters. The number of hydrogen-bond acceptors (Lipinski definition) is 6. The molecule has 0 aliphatic carbocycles. The summed E-state index contributed by atoms with van der Waals surface area (Å²) < 4.78 is 5.21. The highest BCUT2D eigenvalue weighted by atomic mass is 16.5. The van der Waals surface area contributed by atoms with Crippen LogP contribution in [0, 0.1) is 23.2 Å². The van der Waals surface area contributed by atoms with Gasteiger partial charge in [-0.1, -0.05) is 44.2 Å². The van der Waals surface area contributed by atoms with Gasteiger partial charge in [0.1, 0.15) is 12.6 Å². The third kappa shape index (κ3) is 8.02. The van der Waals surface area contributed by atoms with Crippen LogP contribution in [0.25, 0.3) is 0 Å². The normalized spacial score (nSPS) is 17.1. The summed E-state index contributed by atoms with van der Waals surface area (Å²) >= 11 is 0. The van der Waals surface area contributed by atoms with Crippen LogP contribution in [0.3, 0.4) is 0 Å². The number of alkyl carbamates (subject to hydrolysis) is 1. The van der Waals surface area contributed by atoms with Gasteiger partial charge in [0.05, 0.1) is 18.5 Å². The molecule has 1 saturated heterocycles. The van der Waals surface area contributed by atoms with E-state index >= 15 is 0 Å². The first kappa shape index (κ1) is 24.9. The van der Waals surface area contributed by atoms with Crippen LogP contribution in [0.15, 0.2) is 30.3 Å². The minimum absolute atomic E-state index is 0.0583. The number of Topliss-reactive ketones (excluding diaryl/α,β-unsaturated/α-hetero) is 1. The van der Waals surface area contributed by atoms with Crippen molar-refractivity contribution < 1.29 is 23.9 Å². The quantitative estimate of drug-likeness (QED) is 0.478. The van der Waals surface area contributed by atoms with Crippen LogP contribution in [0.2, 0.25) is 0 Å². The van der Waals surface area contributed by atoms with Crippen molar-refractivity contribution >= 4 is 23.7 Å². The fraction of sp³-hybridized carbons (Fsp3) is 0.522. The number of nitrogens with zero attached hydrogens (tertiary/aromatic N) is 1. The number of ether oxygens (including phenoxy) is 1.